The molecule has 3 aliphatic rings. The smallest absolute Gasteiger partial charge is 0.274 e. The number of nitrogens with zero attached hydrogens (tertiary/aromatic N) is 7. The topological polar surface area (TPSA) is 128 Å². The molecule has 0 saturated carbocycles. The number of hydrazone groups is 1. The van der Waals surface area contributed by atoms with Crippen LogP contribution in [-0.2, 0) is 36.0 Å². The minimum absolute atomic E-state index is 0.201. The molecule has 0 atom stereocenters. The third-order valence-corrected chi connectivity index (χ3v) is 10.9. The van der Waals surface area contributed by atoms with E-state index in [2.05, 4.69) is 51.0 Å². The first-order chi connectivity index (χ1) is 23.6. The highest BCUT2D eigenvalue weighted by atomic mass is 32.1. The molecule has 2 N–H and O–H groups in total. The number of carbonyl (C=O) groups excluding carboxylic acids is 1. The van der Waals surface area contributed by atoms with E-state index in [0.29, 0.717) is 40.6 Å². The normalized spacial score (nSPS) is 17.7. The van der Waals surface area contributed by atoms with Gasteiger partial charge in [-0.25, -0.2) is 9.97 Å². The molecular formula is C36H42N8O4S. The Balaban J connectivity index is 1.11. The molecule has 4 aromatic rings. The van der Waals surface area contributed by atoms with Crippen LogP contribution in [0, 0.1) is 12.3 Å². The van der Waals surface area contributed by atoms with Gasteiger partial charge < -0.3 is 24.6 Å². The second kappa shape index (κ2) is 13.5. The first kappa shape index (κ1) is 33.1. The van der Waals surface area contributed by atoms with Crippen LogP contribution in [0.4, 0.5) is 23.0 Å². The number of anilines is 4. The summed E-state index contributed by atoms with van der Waals surface area (Å²) in [4.78, 5) is 42.0. The number of hydrogen-bond acceptors (Lipinski definition) is 11. The Morgan fingerprint density at radius 2 is 1.96 bits per heavy atom. The molecule has 1 amide bonds. The lowest BCUT2D eigenvalue weighted by atomic mass is 9.90. The predicted octanol–water partition coefficient (Wildman–Crippen LogP) is 4.09. The molecule has 0 radical (unpaired) electrons. The zero-order valence-electron chi connectivity index (χ0n) is 28.3. The summed E-state index contributed by atoms with van der Waals surface area (Å²) in [6.45, 7) is 11.7. The summed E-state index contributed by atoms with van der Waals surface area (Å²) >= 11 is 1.78. The minimum atomic E-state index is -0.392. The Morgan fingerprint density at radius 3 is 2.63 bits per heavy atom. The molecule has 12 nitrogen and oxygen atoms in total. The van der Waals surface area contributed by atoms with E-state index in [9.17, 15) is 14.7 Å². The SMILES string of the molecule is Cc1sc2c(c1/C=N\N(C=O)c1nccc(-c3cc(Nc4ccc(N5CCN(C6COC6)CC5)cn4)c(=O)n(C)c3)c1CO)CC(C)(C)C2. The first-order valence-electron chi connectivity index (χ1n) is 16.6. The second-order valence-corrected chi connectivity index (χ2v) is 15.1. The average Bonchev–Trinajstić information content (AvgIpc) is 3.52. The van der Waals surface area contributed by atoms with Crippen molar-refractivity contribution in [3.05, 3.63) is 79.7 Å². The second-order valence-electron chi connectivity index (χ2n) is 13.8. The van der Waals surface area contributed by atoms with Gasteiger partial charge in [0.1, 0.15) is 11.5 Å². The standard InChI is InChI=1S/C36H42N8O4S/c1-23-29(28-14-36(2,3)15-32(28)49-23)17-39-44(22-46)34-30(19-45)27(7-8-37-34)24-13-31(35(47)41(4)18-24)40-33-6-5-25(16-38-33)42-9-11-43(12-10-42)26-20-48-21-26/h5-8,13,16-18,22,26,45H,9-12,14-15,19-21H2,1-4H3,(H,38,40)/b39-17-. The Labute approximate surface area is 289 Å². The van der Waals surface area contributed by atoms with Gasteiger partial charge in [0, 0.05) is 72.1 Å². The molecule has 1 aliphatic carbocycles. The van der Waals surface area contributed by atoms with Crippen molar-refractivity contribution in [2.75, 3.05) is 54.6 Å². The molecule has 0 spiro atoms. The van der Waals surface area contributed by atoms with Gasteiger partial charge in [-0.1, -0.05) is 13.8 Å². The number of rotatable bonds is 10. The van der Waals surface area contributed by atoms with Gasteiger partial charge in [0.2, 0.25) is 6.41 Å². The van der Waals surface area contributed by atoms with Crippen LogP contribution in [0.1, 0.15) is 40.3 Å². The van der Waals surface area contributed by atoms with Crippen molar-refractivity contribution in [2.24, 2.45) is 17.6 Å². The molecule has 2 aliphatic heterocycles. The zero-order chi connectivity index (χ0) is 34.3. The molecule has 0 bridgehead atoms. The molecule has 2 saturated heterocycles. The Hall–Kier alpha value is -4.43. The van der Waals surface area contributed by atoms with Crippen LogP contribution >= 0.6 is 11.3 Å². The number of ether oxygens (including phenoxy) is 1. The van der Waals surface area contributed by atoms with E-state index >= 15 is 0 Å². The first-order valence-corrected chi connectivity index (χ1v) is 17.4. The summed E-state index contributed by atoms with van der Waals surface area (Å²) in [6, 6.07) is 7.93. The number of aryl methyl sites for hydroxylation is 2. The summed E-state index contributed by atoms with van der Waals surface area (Å²) in [6.07, 6.45) is 9.42. The van der Waals surface area contributed by atoms with Gasteiger partial charge in [0.25, 0.3) is 5.56 Å². The van der Waals surface area contributed by atoms with Crippen molar-refractivity contribution in [3.63, 3.8) is 0 Å². The van der Waals surface area contributed by atoms with Crippen molar-refractivity contribution in [1.82, 2.24) is 19.4 Å². The summed E-state index contributed by atoms with van der Waals surface area (Å²) < 4.78 is 6.83. The highest BCUT2D eigenvalue weighted by Crippen LogP contribution is 2.43. The van der Waals surface area contributed by atoms with E-state index in [4.69, 9.17) is 4.74 Å². The van der Waals surface area contributed by atoms with E-state index in [0.717, 1.165) is 73.4 Å². The lowest BCUT2D eigenvalue weighted by Crippen LogP contribution is -2.56. The van der Waals surface area contributed by atoms with Gasteiger partial charge in [-0.3, -0.25) is 14.5 Å². The largest absolute Gasteiger partial charge is 0.392 e. The summed E-state index contributed by atoms with van der Waals surface area (Å²) in [5.74, 6) is 0.764. The maximum Gasteiger partial charge on any atom is 0.274 e. The molecular weight excluding hydrogens is 641 g/mol. The van der Waals surface area contributed by atoms with Crippen molar-refractivity contribution < 1.29 is 14.6 Å². The van der Waals surface area contributed by atoms with Crippen LogP contribution in [0.15, 0.2) is 52.8 Å². The molecule has 4 aromatic heterocycles. The van der Waals surface area contributed by atoms with E-state index in [-0.39, 0.29) is 16.8 Å². The monoisotopic (exact) mass is 682 g/mol. The fourth-order valence-electron chi connectivity index (χ4n) is 7.02. The average molecular weight is 683 g/mol. The maximum atomic E-state index is 13.2. The van der Waals surface area contributed by atoms with E-state index in [1.165, 1.54) is 15.0 Å². The number of aliphatic hydroxyl groups excluding tert-OH is 1. The van der Waals surface area contributed by atoms with Gasteiger partial charge in [0.05, 0.1) is 44.0 Å². The van der Waals surface area contributed by atoms with Crippen molar-refractivity contribution in [3.8, 4) is 11.1 Å². The molecule has 6 heterocycles. The summed E-state index contributed by atoms with van der Waals surface area (Å²) in [5, 5.41) is 19.5. The van der Waals surface area contributed by atoms with Crippen LogP contribution < -0.4 is 20.8 Å². The zero-order valence-corrected chi connectivity index (χ0v) is 29.2. The summed E-state index contributed by atoms with van der Waals surface area (Å²) in [7, 11) is 1.68. The lowest BCUT2D eigenvalue weighted by molar-refractivity contribution is -0.107. The lowest BCUT2D eigenvalue weighted by Gasteiger charge is -2.43. The molecule has 256 valence electrons. The third-order valence-electron chi connectivity index (χ3n) is 9.75. The molecule has 49 heavy (non-hydrogen) atoms. The van der Waals surface area contributed by atoms with E-state index < -0.39 is 6.61 Å². The number of aromatic nitrogens is 3. The number of fused-ring (bicyclic) bond motifs is 1. The number of nitrogens with one attached hydrogen (secondary N) is 1. The van der Waals surface area contributed by atoms with Gasteiger partial charge in [0.15, 0.2) is 5.82 Å². The van der Waals surface area contributed by atoms with Crippen molar-refractivity contribution >= 4 is 47.0 Å². The van der Waals surface area contributed by atoms with E-state index in [1.54, 1.807) is 49.1 Å². The maximum absolute atomic E-state index is 13.2. The number of hydrogen-bond donors (Lipinski definition) is 2. The van der Waals surface area contributed by atoms with Gasteiger partial charge in [-0.05, 0) is 60.6 Å². The van der Waals surface area contributed by atoms with Crippen LogP contribution in [0.5, 0.6) is 0 Å². The fraction of sp³-hybridized carbons (Fsp3) is 0.417. The number of piperazine rings is 1. The molecule has 0 aromatic carbocycles. The predicted molar refractivity (Wildman–Crippen MR) is 193 cm³/mol. The van der Waals surface area contributed by atoms with Crippen LogP contribution in [0.3, 0.4) is 0 Å². The number of carbonyl (C=O) groups is 1. The molecule has 7 rings (SSSR count). The fourth-order valence-corrected chi connectivity index (χ4v) is 8.44. The highest BCUT2D eigenvalue weighted by molar-refractivity contribution is 7.12. The molecule has 13 heteroatoms. The van der Waals surface area contributed by atoms with Crippen molar-refractivity contribution in [1.29, 1.82) is 0 Å². The number of pyridine rings is 3. The van der Waals surface area contributed by atoms with Crippen molar-refractivity contribution in [2.45, 2.75) is 46.3 Å². The van der Waals surface area contributed by atoms with Gasteiger partial charge in [-0.2, -0.15) is 10.1 Å². The highest BCUT2D eigenvalue weighted by Gasteiger charge is 2.33. The third kappa shape index (κ3) is 6.63. The number of aliphatic hydroxyl groups is 1. The summed E-state index contributed by atoms with van der Waals surface area (Å²) in [5.41, 5.74) is 5.36. The Kier molecular flexibility index (Phi) is 9.09. The number of amides is 1. The van der Waals surface area contributed by atoms with Crippen LogP contribution in [0.25, 0.3) is 11.1 Å². The van der Waals surface area contributed by atoms with E-state index in [1.807, 2.05) is 18.3 Å². The minimum Gasteiger partial charge on any atom is -0.392 e. The van der Waals surface area contributed by atoms with Crippen LogP contribution in [0.2, 0.25) is 0 Å². The van der Waals surface area contributed by atoms with Gasteiger partial charge in [-0.15, -0.1) is 11.3 Å². The molecule has 0 unspecified atom stereocenters. The Morgan fingerprint density at radius 1 is 1.16 bits per heavy atom. The quantitative estimate of drug-likeness (QED) is 0.144. The molecule has 2 fully saturated rings. The number of thiophene rings is 1. The van der Waals surface area contributed by atoms with Gasteiger partial charge >= 0.3 is 0 Å². The Bertz CT molecular complexity index is 1940. The van der Waals surface area contributed by atoms with Crippen LogP contribution in [-0.4, -0.2) is 82.6 Å².